The molecule has 2 unspecified atom stereocenters. The lowest BCUT2D eigenvalue weighted by Crippen LogP contribution is -2.35. The summed E-state index contributed by atoms with van der Waals surface area (Å²) in [5, 5.41) is 14.1. The molecule has 98 valence electrons. The van der Waals surface area contributed by atoms with Gasteiger partial charge in [-0.25, -0.2) is 0 Å². The third-order valence-corrected chi connectivity index (χ3v) is 3.65. The van der Waals surface area contributed by atoms with Crippen LogP contribution in [0.2, 0.25) is 0 Å². The topological polar surface area (TPSA) is 81.2 Å². The Bertz CT molecular complexity index is 422. The van der Waals surface area contributed by atoms with Crippen molar-refractivity contribution in [2.24, 2.45) is 11.7 Å². The summed E-state index contributed by atoms with van der Waals surface area (Å²) in [5.74, 6) is 0.545. The van der Waals surface area contributed by atoms with Gasteiger partial charge in [0.1, 0.15) is 0 Å². The number of benzene rings is 1. The first-order valence-electron chi connectivity index (χ1n) is 6.37. The van der Waals surface area contributed by atoms with Gasteiger partial charge in [-0.1, -0.05) is 18.6 Å². The van der Waals surface area contributed by atoms with Gasteiger partial charge in [-0.05, 0) is 30.9 Å². The molecule has 5 nitrogen and oxygen atoms in total. The van der Waals surface area contributed by atoms with Gasteiger partial charge in [0.2, 0.25) is 0 Å². The highest BCUT2D eigenvalue weighted by Crippen LogP contribution is 2.25. The fourth-order valence-corrected chi connectivity index (χ4v) is 2.62. The quantitative estimate of drug-likeness (QED) is 0.616. The molecule has 5 heteroatoms. The van der Waals surface area contributed by atoms with Crippen molar-refractivity contribution in [2.75, 3.05) is 6.54 Å². The Balaban J connectivity index is 1.93. The van der Waals surface area contributed by atoms with E-state index in [2.05, 4.69) is 5.32 Å². The van der Waals surface area contributed by atoms with Gasteiger partial charge in [-0.3, -0.25) is 10.1 Å². The number of nitrogens with one attached hydrogen (secondary N) is 1. The number of nitrogens with zero attached hydrogens (tertiary/aromatic N) is 1. The Morgan fingerprint density at radius 1 is 1.44 bits per heavy atom. The lowest BCUT2D eigenvalue weighted by molar-refractivity contribution is -0.384. The van der Waals surface area contributed by atoms with Gasteiger partial charge in [0.25, 0.3) is 5.69 Å². The molecule has 0 radical (unpaired) electrons. The molecular weight excluding hydrogens is 230 g/mol. The van der Waals surface area contributed by atoms with E-state index in [1.54, 1.807) is 12.1 Å². The Labute approximate surface area is 107 Å². The molecule has 0 amide bonds. The first kappa shape index (κ1) is 13.0. The second kappa shape index (κ2) is 5.93. The van der Waals surface area contributed by atoms with Crippen molar-refractivity contribution in [3.8, 4) is 0 Å². The van der Waals surface area contributed by atoms with Crippen LogP contribution in [-0.2, 0) is 6.54 Å². The molecule has 0 aromatic heterocycles. The van der Waals surface area contributed by atoms with E-state index < -0.39 is 0 Å². The molecule has 18 heavy (non-hydrogen) atoms. The normalized spacial score (nSPS) is 23.2. The summed E-state index contributed by atoms with van der Waals surface area (Å²) in [7, 11) is 0. The largest absolute Gasteiger partial charge is 0.330 e. The first-order valence-corrected chi connectivity index (χ1v) is 6.37. The zero-order valence-corrected chi connectivity index (χ0v) is 10.3. The summed E-state index contributed by atoms with van der Waals surface area (Å²) < 4.78 is 0. The summed E-state index contributed by atoms with van der Waals surface area (Å²) in [6.45, 7) is 1.38. The van der Waals surface area contributed by atoms with Crippen molar-refractivity contribution in [1.82, 2.24) is 5.32 Å². The molecule has 3 N–H and O–H groups in total. The first-order chi connectivity index (χ1) is 8.70. The number of nitro groups is 1. The monoisotopic (exact) mass is 249 g/mol. The van der Waals surface area contributed by atoms with Gasteiger partial charge in [0.05, 0.1) is 4.92 Å². The van der Waals surface area contributed by atoms with E-state index in [0.717, 1.165) is 12.0 Å². The van der Waals surface area contributed by atoms with Gasteiger partial charge in [0.15, 0.2) is 0 Å². The van der Waals surface area contributed by atoms with E-state index in [9.17, 15) is 10.1 Å². The van der Waals surface area contributed by atoms with Crippen molar-refractivity contribution in [3.05, 3.63) is 39.9 Å². The fraction of sp³-hybridized carbons (Fsp3) is 0.538. The average Bonchev–Trinajstić information content (AvgIpc) is 2.84. The number of rotatable bonds is 5. The predicted molar refractivity (Wildman–Crippen MR) is 70.1 cm³/mol. The standard InChI is InChI=1S/C13H19N3O2/c14-8-11-4-2-6-13(11)15-9-10-3-1-5-12(7-10)16(17)18/h1,3,5,7,11,13,15H,2,4,6,8-9,14H2. The van der Waals surface area contributed by atoms with Crippen LogP contribution in [-0.4, -0.2) is 17.5 Å². The average molecular weight is 249 g/mol. The third kappa shape index (κ3) is 3.05. The predicted octanol–water partition coefficient (Wildman–Crippen LogP) is 1.81. The van der Waals surface area contributed by atoms with E-state index in [0.29, 0.717) is 25.0 Å². The van der Waals surface area contributed by atoms with Crippen LogP contribution in [0, 0.1) is 16.0 Å². The molecule has 2 rings (SSSR count). The molecule has 0 heterocycles. The minimum Gasteiger partial charge on any atom is -0.330 e. The van der Waals surface area contributed by atoms with E-state index in [-0.39, 0.29) is 10.6 Å². The number of hydrogen-bond acceptors (Lipinski definition) is 4. The maximum absolute atomic E-state index is 10.7. The summed E-state index contributed by atoms with van der Waals surface area (Å²) >= 11 is 0. The van der Waals surface area contributed by atoms with E-state index in [4.69, 9.17) is 5.73 Å². The molecular formula is C13H19N3O2. The van der Waals surface area contributed by atoms with E-state index in [1.165, 1.54) is 18.9 Å². The maximum Gasteiger partial charge on any atom is 0.269 e. The minimum absolute atomic E-state index is 0.149. The molecule has 0 bridgehead atoms. The zero-order valence-electron chi connectivity index (χ0n) is 10.3. The third-order valence-electron chi connectivity index (χ3n) is 3.65. The van der Waals surface area contributed by atoms with Gasteiger partial charge in [-0.15, -0.1) is 0 Å². The minimum atomic E-state index is -0.359. The maximum atomic E-state index is 10.7. The number of nitro benzene ring substituents is 1. The summed E-state index contributed by atoms with van der Waals surface area (Å²) in [6.07, 6.45) is 3.55. The van der Waals surface area contributed by atoms with Crippen molar-refractivity contribution in [3.63, 3.8) is 0 Å². The highest BCUT2D eigenvalue weighted by atomic mass is 16.6. The lowest BCUT2D eigenvalue weighted by atomic mass is 10.0. The number of non-ortho nitro benzene ring substituents is 1. The van der Waals surface area contributed by atoms with Crippen LogP contribution in [0.5, 0.6) is 0 Å². The Morgan fingerprint density at radius 2 is 2.28 bits per heavy atom. The number of nitrogens with two attached hydrogens (primary N) is 1. The second-order valence-corrected chi connectivity index (χ2v) is 4.84. The molecule has 1 aromatic rings. The fourth-order valence-electron chi connectivity index (χ4n) is 2.62. The molecule has 0 saturated heterocycles. The van der Waals surface area contributed by atoms with Crippen molar-refractivity contribution in [1.29, 1.82) is 0 Å². The Morgan fingerprint density at radius 3 is 3.00 bits per heavy atom. The highest BCUT2D eigenvalue weighted by Gasteiger charge is 2.25. The van der Waals surface area contributed by atoms with Gasteiger partial charge >= 0.3 is 0 Å². The van der Waals surface area contributed by atoms with Crippen molar-refractivity contribution in [2.45, 2.75) is 31.8 Å². The molecule has 1 aliphatic carbocycles. The Kier molecular flexibility index (Phi) is 4.28. The SMILES string of the molecule is NCC1CCCC1NCc1cccc([N+](=O)[O-])c1. The molecule has 1 aliphatic rings. The summed E-state index contributed by atoms with van der Waals surface area (Å²) in [4.78, 5) is 10.3. The summed E-state index contributed by atoms with van der Waals surface area (Å²) in [5.41, 5.74) is 6.83. The molecule has 0 aliphatic heterocycles. The van der Waals surface area contributed by atoms with Crippen LogP contribution in [0.1, 0.15) is 24.8 Å². The summed E-state index contributed by atoms with van der Waals surface area (Å²) in [6, 6.07) is 7.23. The van der Waals surface area contributed by atoms with Crippen molar-refractivity contribution < 1.29 is 4.92 Å². The molecule has 1 fully saturated rings. The van der Waals surface area contributed by atoms with Crippen LogP contribution in [0.15, 0.2) is 24.3 Å². The lowest BCUT2D eigenvalue weighted by Gasteiger charge is -2.19. The smallest absolute Gasteiger partial charge is 0.269 e. The van der Waals surface area contributed by atoms with Gasteiger partial charge in [0, 0.05) is 24.7 Å². The van der Waals surface area contributed by atoms with Crippen LogP contribution in [0.4, 0.5) is 5.69 Å². The van der Waals surface area contributed by atoms with Crippen LogP contribution in [0.25, 0.3) is 0 Å². The molecule has 0 spiro atoms. The van der Waals surface area contributed by atoms with Crippen molar-refractivity contribution >= 4 is 5.69 Å². The van der Waals surface area contributed by atoms with Gasteiger partial charge < -0.3 is 11.1 Å². The molecule has 1 aromatic carbocycles. The van der Waals surface area contributed by atoms with Crippen LogP contribution >= 0.6 is 0 Å². The van der Waals surface area contributed by atoms with Gasteiger partial charge in [-0.2, -0.15) is 0 Å². The van der Waals surface area contributed by atoms with Crippen LogP contribution < -0.4 is 11.1 Å². The Hall–Kier alpha value is -1.46. The molecule has 1 saturated carbocycles. The van der Waals surface area contributed by atoms with E-state index in [1.807, 2.05) is 6.07 Å². The van der Waals surface area contributed by atoms with E-state index >= 15 is 0 Å². The van der Waals surface area contributed by atoms with Crippen LogP contribution in [0.3, 0.4) is 0 Å². The number of hydrogen-bond donors (Lipinski definition) is 2. The highest BCUT2D eigenvalue weighted by molar-refractivity contribution is 5.34. The zero-order chi connectivity index (χ0) is 13.0. The second-order valence-electron chi connectivity index (χ2n) is 4.84. The molecule has 2 atom stereocenters.